The molecular weight excluding hydrogens is 256 g/mol. The molecule has 1 aromatic rings. The Labute approximate surface area is 120 Å². The Morgan fingerprint density at radius 2 is 1.79 bits per heavy atom. The van der Waals surface area contributed by atoms with Gasteiger partial charge in [-0.25, -0.2) is 5.10 Å². The minimum atomic E-state index is 0.564. The van der Waals surface area contributed by atoms with Gasteiger partial charge in [0, 0.05) is 19.1 Å². The highest BCUT2D eigenvalue weighted by molar-refractivity contribution is 7.71. The van der Waals surface area contributed by atoms with Gasteiger partial charge in [-0.2, -0.15) is 0 Å². The number of piperidine rings is 1. The number of hydrogen-bond donors (Lipinski definition) is 1. The first kappa shape index (κ1) is 13.2. The number of H-pyrrole nitrogens is 1. The van der Waals surface area contributed by atoms with Crippen molar-refractivity contribution in [3.05, 3.63) is 4.77 Å². The highest BCUT2D eigenvalue weighted by Gasteiger charge is 2.25. The number of rotatable bonds is 2. The third-order valence-corrected chi connectivity index (χ3v) is 4.98. The highest BCUT2D eigenvalue weighted by Crippen LogP contribution is 2.32. The Morgan fingerprint density at radius 1 is 1.11 bits per heavy atom. The number of aromatic amines is 1. The quantitative estimate of drug-likeness (QED) is 0.840. The van der Waals surface area contributed by atoms with E-state index in [0.29, 0.717) is 6.04 Å². The molecule has 0 amide bonds. The van der Waals surface area contributed by atoms with Crippen LogP contribution in [0.4, 0.5) is 5.95 Å². The molecule has 2 fully saturated rings. The second-order valence-corrected chi connectivity index (χ2v) is 6.55. The molecular formula is C14H24N4S. The van der Waals surface area contributed by atoms with Crippen LogP contribution in [0.25, 0.3) is 0 Å². The molecule has 1 N–H and O–H groups in total. The van der Waals surface area contributed by atoms with Crippen LogP contribution in [0.3, 0.4) is 0 Å². The standard InChI is InChI=1S/C14H24N4S/c1-11-7-9-17(10-8-11)13-15-16-14(19)18(13)12-5-3-2-4-6-12/h11-12H,2-10H2,1H3,(H,16,19). The molecule has 0 atom stereocenters. The van der Waals surface area contributed by atoms with Crippen LogP contribution < -0.4 is 4.90 Å². The highest BCUT2D eigenvalue weighted by atomic mass is 32.1. The monoisotopic (exact) mass is 280 g/mol. The van der Waals surface area contributed by atoms with Crippen molar-refractivity contribution >= 4 is 18.2 Å². The van der Waals surface area contributed by atoms with Crippen LogP contribution in [0.15, 0.2) is 0 Å². The van der Waals surface area contributed by atoms with Crippen molar-refractivity contribution in [2.45, 2.75) is 57.9 Å². The molecule has 1 aromatic heterocycles. The van der Waals surface area contributed by atoms with Crippen LogP contribution in [0.5, 0.6) is 0 Å². The number of aromatic nitrogens is 3. The molecule has 1 aliphatic carbocycles. The topological polar surface area (TPSA) is 36.9 Å². The van der Waals surface area contributed by atoms with Gasteiger partial charge in [-0.1, -0.05) is 26.2 Å². The summed E-state index contributed by atoms with van der Waals surface area (Å²) in [7, 11) is 0. The minimum Gasteiger partial charge on any atom is -0.341 e. The van der Waals surface area contributed by atoms with Crippen LogP contribution >= 0.6 is 12.2 Å². The van der Waals surface area contributed by atoms with Gasteiger partial charge in [-0.05, 0) is 43.8 Å². The van der Waals surface area contributed by atoms with Crippen LogP contribution in [0, 0.1) is 10.7 Å². The second kappa shape index (κ2) is 5.65. The summed E-state index contributed by atoms with van der Waals surface area (Å²) in [6.07, 6.45) is 9.07. The maximum atomic E-state index is 5.46. The Hall–Kier alpha value is -0.840. The maximum absolute atomic E-state index is 5.46. The van der Waals surface area contributed by atoms with E-state index >= 15 is 0 Å². The molecule has 0 radical (unpaired) electrons. The Kier molecular flexibility index (Phi) is 3.91. The fraction of sp³-hybridized carbons (Fsp3) is 0.857. The van der Waals surface area contributed by atoms with Crippen molar-refractivity contribution in [1.82, 2.24) is 14.8 Å². The fourth-order valence-corrected chi connectivity index (χ4v) is 3.67. The van der Waals surface area contributed by atoms with Crippen LogP contribution in [-0.4, -0.2) is 27.9 Å². The van der Waals surface area contributed by atoms with Crippen LogP contribution in [0.1, 0.15) is 57.9 Å². The summed E-state index contributed by atoms with van der Waals surface area (Å²) in [6.45, 7) is 4.58. The van der Waals surface area contributed by atoms with Gasteiger partial charge in [0.05, 0.1) is 0 Å². The zero-order valence-corrected chi connectivity index (χ0v) is 12.6. The van der Waals surface area contributed by atoms with E-state index in [-0.39, 0.29) is 0 Å². The van der Waals surface area contributed by atoms with E-state index in [9.17, 15) is 0 Å². The number of nitrogens with zero attached hydrogens (tertiary/aromatic N) is 3. The molecule has 2 aliphatic rings. The fourth-order valence-electron chi connectivity index (χ4n) is 3.40. The van der Waals surface area contributed by atoms with Crippen LogP contribution in [-0.2, 0) is 0 Å². The normalized spacial score (nSPS) is 22.9. The van der Waals surface area contributed by atoms with Gasteiger partial charge >= 0.3 is 0 Å². The summed E-state index contributed by atoms with van der Waals surface area (Å²) in [4.78, 5) is 2.42. The van der Waals surface area contributed by atoms with Crippen molar-refractivity contribution in [2.75, 3.05) is 18.0 Å². The molecule has 106 valence electrons. The van der Waals surface area contributed by atoms with E-state index in [1.54, 1.807) is 0 Å². The van der Waals surface area contributed by atoms with E-state index in [1.165, 1.54) is 44.9 Å². The Bertz CT molecular complexity index is 464. The van der Waals surface area contributed by atoms with Gasteiger partial charge in [0.15, 0.2) is 4.77 Å². The molecule has 2 heterocycles. The van der Waals surface area contributed by atoms with Crippen molar-refractivity contribution in [2.24, 2.45) is 5.92 Å². The Balaban J connectivity index is 1.83. The average molecular weight is 280 g/mol. The van der Waals surface area contributed by atoms with Crippen molar-refractivity contribution in [3.8, 4) is 0 Å². The molecule has 1 aliphatic heterocycles. The van der Waals surface area contributed by atoms with Gasteiger partial charge < -0.3 is 4.90 Å². The third-order valence-electron chi connectivity index (χ3n) is 4.69. The van der Waals surface area contributed by atoms with Gasteiger partial charge in [0.2, 0.25) is 5.95 Å². The molecule has 0 aromatic carbocycles. The third kappa shape index (κ3) is 2.71. The first-order valence-corrected chi connectivity index (χ1v) is 8.08. The van der Waals surface area contributed by atoms with Gasteiger partial charge in [0.25, 0.3) is 0 Å². The molecule has 0 unspecified atom stereocenters. The van der Waals surface area contributed by atoms with Gasteiger partial charge in [-0.3, -0.25) is 4.57 Å². The SMILES string of the molecule is CC1CCN(c2n[nH]c(=S)n2C2CCCCC2)CC1. The van der Waals surface area contributed by atoms with E-state index in [1.807, 2.05) is 0 Å². The summed E-state index contributed by atoms with van der Waals surface area (Å²) in [5.74, 6) is 1.94. The summed E-state index contributed by atoms with van der Waals surface area (Å²) in [5.41, 5.74) is 0. The molecule has 1 saturated heterocycles. The smallest absolute Gasteiger partial charge is 0.225 e. The van der Waals surface area contributed by atoms with Gasteiger partial charge in [0.1, 0.15) is 0 Å². The van der Waals surface area contributed by atoms with E-state index in [2.05, 4.69) is 26.6 Å². The Morgan fingerprint density at radius 3 is 2.47 bits per heavy atom. The lowest BCUT2D eigenvalue weighted by Crippen LogP contribution is -2.35. The van der Waals surface area contributed by atoms with Gasteiger partial charge in [-0.15, -0.1) is 5.10 Å². The molecule has 0 spiro atoms. The molecule has 19 heavy (non-hydrogen) atoms. The predicted molar refractivity (Wildman–Crippen MR) is 80.1 cm³/mol. The van der Waals surface area contributed by atoms with Crippen molar-refractivity contribution < 1.29 is 0 Å². The first-order valence-electron chi connectivity index (χ1n) is 7.67. The zero-order valence-electron chi connectivity index (χ0n) is 11.8. The van der Waals surface area contributed by atoms with E-state index < -0.39 is 0 Å². The lowest BCUT2D eigenvalue weighted by atomic mass is 9.95. The summed E-state index contributed by atoms with van der Waals surface area (Å²) in [5, 5.41) is 7.53. The van der Waals surface area contributed by atoms with E-state index in [0.717, 1.165) is 29.7 Å². The minimum absolute atomic E-state index is 0.564. The average Bonchev–Trinajstić information content (AvgIpc) is 2.82. The second-order valence-electron chi connectivity index (χ2n) is 6.16. The van der Waals surface area contributed by atoms with E-state index in [4.69, 9.17) is 12.2 Å². The predicted octanol–water partition coefficient (Wildman–Crippen LogP) is 3.68. The van der Waals surface area contributed by atoms with Crippen molar-refractivity contribution in [3.63, 3.8) is 0 Å². The summed E-state index contributed by atoms with van der Waals surface area (Å²) in [6, 6.07) is 0.564. The lowest BCUT2D eigenvalue weighted by Gasteiger charge is -2.33. The largest absolute Gasteiger partial charge is 0.341 e. The summed E-state index contributed by atoms with van der Waals surface area (Å²) >= 11 is 5.46. The molecule has 3 rings (SSSR count). The lowest BCUT2D eigenvalue weighted by molar-refractivity contribution is 0.345. The van der Waals surface area contributed by atoms with Crippen molar-refractivity contribution in [1.29, 1.82) is 0 Å². The zero-order chi connectivity index (χ0) is 13.2. The molecule has 0 bridgehead atoms. The number of anilines is 1. The number of nitrogens with one attached hydrogen (secondary N) is 1. The molecule has 1 saturated carbocycles. The summed E-state index contributed by atoms with van der Waals surface area (Å²) < 4.78 is 3.10. The first-order chi connectivity index (χ1) is 9.25. The number of hydrogen-bond acceptors (Lipinski definition) is 3. The maximum Gasteiger partial charge on any atom is 0.225 e. The molecule has 4 nitrogen and oxygen atoms in total. The van der Waals surface area contributed by atoms with Crippen LogP contribution in [0.2, 0.25) is 0 Å². The molecule has 5 heteroatoms.